The molecule has 0 aromatic heterocycles. The van der Waals surface area contributed by atoms with Crippen LogP contribution in [0.4, 0.5) is 0 Å². The van der Waals surface area contributed by atoms with Crippen molar-refractivity contribution in [3.05, 3.63) is 35.4 Å². The molecule has 0 unspecified atom stereocenters. The maximum absolute atomic E-state index is 12.0. The number of benzene rings is 1. The number of carbonyl (C=O) groups excluding carboxylic acids is 1. The molecule has 0 saturated carbocycles. The van der Waals surface area contributed by atoms with Crippen molar-refractivity contribution in [3.63, 3.8) is 0 Å². The molecule has 1 N–H and O–H groups in total. The van der Waals surface area contributed by atoms with Crippen LogP contribution in [-0.4, -0.2) is 37.5 Å². The number of nitrogens with zero attached hydrogens (tertiary/aromatic N) is 1. The summed E-state index contributed by atoms with van der Waals surface area (Å²) >= 11 is 0. The predicted molar refractivity (Wildman–Crippen MR) is 78.4 cm³/mol. The average molecular weight is 260 g/mol. The zero-order chi connectivity index (χ0) is 13.7. The first kappa shape index (κ1) is 14.1. The van der Waals surface area contributed by atoms with E-state index >= 15 is 0 Å². The summed E-state index contributed by atoms with van der Waals surface area (Å²) in [5.74, 6) is 0.825. The lowest BCUT2D eigenvalue weighted by molar-refractivity contribution is 0.0949. The molecule has 1 aromatic carbocycles. The lowest BCUT2D eigenvalue weighted by atomic mass is 9.94. The van der Waals surface area contributed by atoms with Crippen molar-refractivity contribution in [1.82, 2.24) is 10.2 Å². The largest absolute Gasteiger partial charge is 0.352 e. The van der Waals surface area contributed by atoms with Crippen molar-refractivity contribution in [2.24, 2.45) is 5.92 Å². The summed E-state index contributed by atoms with van der Waals surface area (Å²) in [5.41, 5.74) is 1.89. The average Bonchev–Trinajstić information content (AvgIpc) is 2.41. The second kappa shape index (κ2) is 6.71. The minimum atomic E-state index is 0.0524. The highest BCUT2D eigenvalue weighted by atomic mass is 16.1. The van der Waals surface area contributed by atoms with Gasteiger partial charge in [0.15, 0.2) is 0 Å². The molecule has 0 bridgehead atoms. The van der Waals surface area contributed by atoms with Crippen LogP contribution in [0, 0.1) is 12.8 Å². The Bertz CT molecular complexity index is 423. The van der Waals surface area contributed by atoms with Crippen LogP contribution in [-0.2, 0) is 0 Å². The summed E-state index contributed by atoms with van der Waals surface area (Å²) in [7, 11) is 2.18. The molecule has 0 aliphatic carbocycles. The molecule has 0 atom stereocenters. The molecule has 19 heavy (non-hydrogen) atoms. The third-order valence-electron chi connectivity index (χ3n) is 3.96. The van der Waals surface area contributed by atoms with Gasteiger partial charge >= 0.3 is 0 Å². The van der Waals surface area contributed by atoms with Crippen molar-refractivity contribution in [1.29, 1.82) is 0 Å². The van der Waals surface area contributed by atoms with Crippen LogP contribution >= 0.6 is 0 Å². The van der Waals surface area contributed by atoms with Gasteiger partial charge in [0.1, 0.15) is 0 Å². The molecule has 3 nitrogen and oxygen atoms in total. The third kappa shape index (κ3) is 4.35. The Kier molecular flexibility index (Phi) is 4.97. The smallest absolute Gasteiger partial charge is 0.251 e. The van der Waals surface area contributed by atoms with E-state index in [1.54, 1.807) is 0 Å². The number of nitrogens with one attached hydrogen (secondary N) is 1. The zero-order valence-corrected chi connectivity index (χ0v) is 12.0. The van der Waals surface area contributed by atoms with Crippen LogP contribution < -0.4 is 5.32 Å². The van der Waals surface area contributed by atoms with Gasteiger partial charge in [0, 0.05) is 12.1 Å². The third-order valence-corrected chi connectivity index (χ3v) is 3.96. The van der Waals surface area contributed by atoms with Crippen molar-refractivity contribution < 1.29 is 4.79 Å². The molecule has 0 spiro atoms. The number of piperidine rings is 1. The highest BCUT2D eigenvalue weighted by Crippen LogP contribution is 2.18. The quantitative estimate of drug-likeness (QED) is 0.902. The molecule has 1 aliphatic heterocycles. The zero-order valence-electron chi connectivity index (χ0n) is 12.0. The molecule has 1 heterocycles. The first-order valence-electron chi connectivity index (χ1n) is 7.18. The van der Waals surface area contributed by atoms with Gasteiger partial charge in [-0.2, -0.15) is 0 Å². The van der Waals surface area contributed by atoms with Crippen molar-refractivity contribution in [3.8, 4) is 0 Å². The molecule has 1 aliphatic rings. The monoisotopic (exact) mass is 260 g/mol. The van der Waals surface area contributed by atoms with Gasteiger partial charge in [-0.25, -0.2) is 0 Å². The molecule has 2 rings (SSSR count). The van der Waals surface area contributed by atoms with Gasteiger partial charge < -0.3 is 10.2 Å². The van der Waals surface area contributed by atoms with E-state index in [0.717, 1.165) is 30.0 Å². The summed E-state index contributed by atoms with van der Waals surface area (Å²) in [6, 6.07) is 7.75. The number of likely N-dealkylation sites (tertiary alicyclic amines) is 1. The predicted octanol–water partition coefficient (Wildman–Crippen LogP) is 2.46. The maximum Gasteiger partial charge on any atom is 0.251 e. The van der Waals surface area contributed by atoms with Crippen molar-refractivity contribution in [2.75, 3.05) is 26.7 Å². The topological polar surface area (TPSA) is 32.3 Å². The van der Waals surface area contributed by atoms with E-state index in [9.17, 15) is 4.79 Å². The van der Waals surface area contributed by atoms with E-state index in [2.05, 4.69) is 17.3 Å². The molecule has 0 radical (unpaired) electrons. The minimum absolute atomic E-state index is 0.0524. The van der Waals surface area contributed by atoms with Crippen LogP contribution in [0.15, 0.2) is 24.3 Å². The fourth-order valence-corrected chi connectivity index (χ4v) is 2.63. The molecular formula is C16H24N2O. The Morgan fingerprint density at radius 2 is 2.11 bits per heavy atom. The highest BCUT2D eigenvalue weighted by Gasteiger charge is 2.16. The molecule has 1 amide bonds. The molecule has 1 aromatic rings. The molecule has 104 valence electrons. The van der Waals surface area contributed by atoms with Gasteiger partial charge in [0.2, 0.25) is 0 Å². The Labute approximate surface area is 116 Å². The number of aryl methyl sites for hydroxylation is 1. The van der Waals surface area contributed by atoms with Gasteiger partial charge in [-0.1, -0.05) is 17.7 Å². The van der Waals surface area contributed by atoms with E-state index in [4.69, 9.17) is 0 Å². The van der Waals surface area contributed by atoms with Crippen LogP contribution in [0.25, 0.3) is 0 Å². The summed E-state index contributed by atoms with van der Waals surface area (Å²) in [4.78, 5) is 14.3. The van der Waals surface area contributed by atoms with E-state index in [0.29, 0.717) is 0 Å². The van der Waals surface area contributed by atoms with E-state index in [-0.39, 0.29) is 5.91 Å². The van der Waals surface area contributed by atoms with Gasteiger partial charge in [0.05, 0.1) is 0 Å². The second-order valence-corrected chi connectivity index (χ2v) is 5.66. The van der Waals surface area contributed by atoms with E-state index in [1.165, 1.54) is 25.9 Å². The molecule has 1 saturated heterocycles. The van der Waals surface area contributed by atoms with Gasteiger partial charge in [0.25, 0.3) is 5.91 Å². The number of hydrogen-bond acceptors (Lipinski definition) is 2. The first-order chi connectivity index (χ1) is 9.15. The Balaban J connectivity index is 1.72. The van der Waals surface area contributed by atoms with Gasteiger partial charge in [-0.3, -0.25) is 4.79 Å². The van der Waals surface area contributed by atoms with E-state index < -0.39 is 0 Å². The Morgan fingerprint density at radius 1 is 1.37 bits per heavy atom. The van der Waals surface area contributed by atoms with Crippen molar-refractivity contribution in [2.45, 2.75) is 26.2 Å². The standard InChI is InChI=1S/C16H24N2O/c1-13-4-3-5-15(12-13)16(19)17-9-6-14-7-10-18(2)11-8-14/h3-5,12,14H,6-11H2,1-2H3,(H,17,19). The van der Waals surface area contributed by atoms with Crippen LogP contribution in [0.5, 0.6) is 0 Å². The number of carbonyl (C=O) groups is 1. The molecule has 3 heteroatoms. The number of rotatable bonds is 4. The normalized spacial score (nSPS) is 17.4. The van der Waals surface area contributed by atoms with Gasteiger partial charge in [-0.05, 0) is 64.4 Å². The van der Waals surface area contributed by atoms with Gasteiger partial charge in [-0.15, -0.1) is 0 Å². The molecular weight excluding hydrogens is 236 g/mol. The SMILES string of the molecule is Cc1cccc(C(=O)NCCC2CCN(C)CC2)c1. The van der Waals surface area contributed by atoms with Crippen LogP contribution in [0.3, 0.4) is 0 Å². The number of hydrogen-bond donors (Lipinski definition) is 1. The van der Waals surface area contributed by atoms with Crippen LogP contribution in [0.1, 0.15) is 35.2 Å². The summed E-state index contributed by atoms with van der Waals surface area (Å²) < 4.78 is 0. The summed E-state index contributed by atoms with van der Waals surface area (Å²) in [6.07, 6.45) is 3.62. The Hall–Kier alpha value is -1.35. The minimum Gasteiger partial charge on any atom is -0.352 e. The first-order valence-corrected chi connectivity index (χ1v) is 7.18. The lowest BCUT2D eigenvalue weighted by Gasteiger charge is -2.28. The maximum atomic E-state index is 12.0. The fourth-order valence-electron chi connectivity index (χ4n) is 2.63. The summed E-state index contributed by atoms with van der Waals surface area (Å²) in [6.45, 7) is 5.18. The number of amides is 1. The highest BCUT2D eigenvalue weighted by molar-refractivity contribution is 5.94. The summed E-state index contributed by atoms with van der Waals surface area (Å²) in [5, 5.41) is 3.03. The van der Waals surface area contributed by atoms with Crippen LogP contribution in [0.2, 0.25) is 0 Å². The lowest BCUT2D eigenvalue weighted by Crippen LogP contribution is -2.32. The molecule has 1 fully saturated rings. The van der Waals surface area contributed by atoms with Crippen molar-refractivity contribution >= 4 is 5.91 Å². The second-order valence-electron chi connectivity index (χ2n) is 5.66. The Morgan fingerprint density at radius 3 is 2.79 bits per heavy atom. The fraction of sp³-hybridized carbons (Fsp3) is 0.562. The van der Waals surface area contributed by atoms with E-state index in [1.807, 2.05) is 31.2 Å².